The van der Waals surface area contributed by atoms with Crippen LogP contribution >= 0.6 is 0 Å². The van der Waals surface area contributed by atoms with Crippen molar-refractivity contribution in [1.82, 2.24) is 10.6 Å². The molecule has 168 valence electrons. The van der Waals surface area contributed by atoms with E-state index in [9.17, 15) is 14.4 Å². The molecule has 0 heterocycles. The minimum atomic E-state index is -0.805. The van der Waals surface area contributed by atoms with Crippen LogP contribution < -0.4 is 10.6 Å². The molecular weight excluding hydrogens is 408 g/mol. The van der Waals surface area contributed by atoms with E-state index >= 15 is 0 Å². The summed E-state index contributed by atoms with van der Waals surface area (Å²) in [5.74, 6) is -1.40. The zero-order valence-electron chi connectivity index (χ0n) is 17.9. The Hall–Kier alpha value is -3.35. The molecule has 7 heteroatoms. The topological polar surface area (TPSA) is 105 Å². The van der Waals surface area contributed by atoms with Gasteiger partial charge in [0.15, 0.2) is 0 Å². The number of alkyl carbamates (subject to hydrolysis) is 1. The van der Waals surface area contributed by atoms with Gasteiger partial charge in [0.1, 0.15) is 6.61 Å². The standard InChI is InChI=1S/C25H28N2O5/c28-23(27-17-7-5-6-16(14-17)24(29)30)12-13-26-25(31)32-15-22-20-10-3-1-8-18(20)19-9-2-4-11-21(19)22/h1-4,8-11,16-17,22H,5-7,12-15H2,(H,26,31)(H,27,28)(H,29,30). The monoisotopic (exact) mass is 436 g/mol. The number of hydrogen-bond donors (Lipinski definition) is 3. The van der Waals surface area contributed by atoms with Crippen molar-refractivity contribution in [2.24, 2.45) is 5.92 Å². The van der Waals surface area contributed by atoms with Crippen LogP contribution in [0, 0.1) is 5.92 Å². The second-order valence-electron chi connectivity index (χ2n) is 8.47. The fourth-order valence-electron chi connectivity index (χ4n) is 4.77. The number of nitrogens with one attached hydrogen (secondary N) is 2. The van der Waals surface area contributed by atoms with Crippen molar-refractivity contribution in [2.45, 2.75) is 44.1 Å². The smallest absolute Gasteiger partial charge is 0.407 e. The van der Waals surface area contributed by atoms with Crippen molar-refractivity contribution in [3.05, 3.63) is 59.7 Å². The molecule has 2 atom stereocenters. The van der Waals surface area contributed by atoms with E-state index in [0.29, 0.717) is 12.8 Å². The Morgan fingerprint density at radius 2 is 1.62 bits per heavy atom. The van der Waals surface area contributed by atoms with E-state index < -0.39 is 18.0 Å². The van der Waals surface area contributed by atoms with E-state index in [0.717, 1.165) is 24.0 Å². The molecule has 2 amide bonds. The second kappa shape index (κ2) is 9.85. The highest BCUT2D eigenvalue weighted by atomic mass is 16.5. The summed E-state index contributed by atoms with van der Waals surface area (Å²) in [5.41, 5.74) is 4.63. The number of carbonyl (C=O) groups is 3. The van der Waals surface area contributed by atoms with Crippen LogP contribution in [0.2, 0.25) is 0 Å². The number of ether oxygens (including phenoxy) is 1. The van der Waals surface area contributed by atoms with Gasteiger partial charge in [-0.2, -0.15) is 0 Å². The number of aliphatic carboxylic acids is 1. The maximum Gasteiger partial charge on any atom is 0.407 e. The third-order valence-electron chi connectivity index (χ3n) is 6.35. The van der Waals surface area contributed by atoms with Gasteiger partial charge in [-0.3, -0.25) is 9.59 Å². The molecular formula is C25H28N2O5. The molecule has 2 unspecified atom stereocenters. The largest absolute Gasteiger partial charge is 0.481 e. The molecule has 2 aromatic carbocycles. The van der Waals surface area contributed by atoms with Gasteiger partial charge in [-0.15, -0.1) is 0 Å². The van der Waals surface area contributed by atoms with Gasteiger partial charge in [0, 0.05) is 24.9 Å². The van der Waals surface area contributed by atoms with Gasteiger partial charge in [0.2, 0.25) is 5.91 Å². The molecule has 2 aliphatic carbocycles. The average molecular weight is 437 g/mol. The normalized spacial score (nSPS) is 19.5. The molecule has 2 aliphatic rings. The maximum atomic E-state index is 12.2. The molecule has 1 fully saturated rings. The molecule has 2 aromatic rings. The van der Waals surface area contributed by atoms with E-state index in [1.54, 1.807) is 0 Å². The highest BCUT2D eigenvalue weighted by Gasteiger charge is 2.29. The summed E-state index contributed by atoms with van der Waals surface area (Å²) in [7, 11) is 0. The van der Waals surface area contributed by atoms with E-state index in [2.05, 4.69) is 34.9 Å². The average Bonchev–Trinajstić information content (AvgIpc) is 3.11. The molecule has 0 saturated heterocycles. The second-order valence-corrected chi connectivity index (χ2v) is 8.47. The zero-order chi connectivity index (χ0) is 22.5. The molecule has 7 nitrogen and oxygen atoms in total. The molecule has 32 heavy (non-hydrogen) atoms. The van der Waals surface area contributed by atoms with Crippen molar-refractivity contribution < 1.29 is 24.2 Å². The summed E-state index contributed by atoms with van der Waals surface area (Å²) in [6, 6.07) is 16.2. The van der Waals surface area contributed by atoms with Crippen molar-refractivity contribution in [1.29, 1.82) is 0 Å². The van der Waals surface area contributed by atoms with E-state index in [-0.39, 0.29) is 37.4 Å². The van der Waals surface area contributed by atoms with Crippen LogP contribution in [0.4, 0.5) is 4.79 Å². The maximum absolute atomic E-state index is 12.2. The van der Waals surface area contributed by atoms with Gasteiger partial charge < -0.3 is 20.5 Å². The van der Waals surface area contributed by atoms with Gasteiger partial charge in [0.25, 0.3) is 0 Å². The van der Waals surface area contributed by atoms with Gasteiger partial charge in [-0.05, 0) is 41.5 Å². The molecule has 1 saturated carbocycles. The first-order valence-electron chi connectivity index (χ1n) is 11.1. The molecule has 0 radical (unpaired) electrons. The summed E-state index contributed by atoms with van der Waals surface area (Å²) in [5, 5.41) is 14.7. The quantitative estimate of drug-likeness (QED) is 0.614. The lowest BCUT2D eigenvalue weighted by molar-refractivity contribution is -0.143. The zero-order valence-corrected chi connectivity index (χ0v) is 17.9. The Kier molecular flexibility index (Phi) is 6.73. The summed E-state index contributed by atoms with van der Waals surface area (Å²) in [6.07, 6.45) is 2.27. The number of carboxylic acids is 1. The predicted molar refractivity (Wildman–Crippen MR) is 119 cm³/mol. The van der Waals surface area contributed by atoms with Crippen LogP contribution in [0.25, 0.3) is 11.1 Å². The Bertz CT molecular complexity index is 960. The lowest BCUT2D eigenvalue weighted by Gasteiger charge is -2.27. The fourth-order valence-corrected chi connectivity index (χ4v) is 4.77. The summed E-state index contributed by atoms with van der Waals surface area (Å²) < 4.78 is 5.46. The summed E-state index contributed by atoms with van der Waals surface area (Å²) in [6.45, 7) is 0.391. The molecule has 0 aromatic heterocycles. The van der Waals surface area contributed by atoms with E-state index in [1.807, 2.05) is 24.3 Å². The molecule has 4 rings (SSSR count). The number of amides is 2. The third kappa shape index (κ3) is 4.93. The Morgan fingerprint density at radius 1 is 0.969 bits per heavy atom. The van der Waals surface area contributed by atoms with Crippen LogP contribution in [0.5, 0.6) is 0 Å². The minimum absolute atomic E-state index is 0.00932. The number of rotatable bonds is 7. The first-order chi connectivity index (χ1) is 15.5. The first kappa shape index (κ1) is 21.9. The SMILES string of the molecule is O=C(CCNC(=O)OCC1c2ccccc2-c2ccccc21)NC1CCCC(C(=O)O)C1. The number of fused-ring (bicyclic) bond motifs is 3. The highest BCUT2D eigenvalue weighted by molar-refractivity contribution is 5.79. The molecule has 0 bridgehead atoms. The Labute approximate surface area is 187 Å². The van der Waals surface area contributed by atoms with Gasteiger partial charge in [-0.1, -0.05) is 55.0 Å². The van der Waals surface area contributed by atoms with Crippen molar-refractivity contribution in [3.8, 4) is 11.1 Å². The summed E-state index contributed by atoms with van der Waals surface area (Å²) >= 11 is 0. The molecule has 0 aliphatic heterocycles. The fraction of sp³-hybridized carbons (Fsp3) is 0.400. The predicted octanol–water partition coefficient (Wildman–Crippen LogP) is 3.67. The number of benzene rings is 2. The van der Waals surface area contributed by atoms with Gasteiger partial charge >= 0.3 is 12.1 Å². The van der Waals surface area contributed by atoms with Gasteiger partial charge in [0.05, 0.1) is 5.92 Å². The van der Waals surface area contributed by atoms with Crippen LogP contribution in [-0.2, 0) is 14.3 Å². The lowest BCUT2D eigenvalue weighted by atomic mass is 9.86. The van der Waals surface area contributed by atoms with Crippen molar-refractivity contribution >= 4 is 18.0 Å². The highest BCUT2D eigenvalue weighted by Crippen LogP contribution is 2.44. The van der Waals surface area contributed by atoms with Crippen molar-refractivity contribution in [3.63, 3.8) is 0 Å². The first-order valence-corrected chi connectivity index (χ1v) is 11.1. The lowest BCUT2D eigenvalue weighted by Crippen LogP contribution is -2.41. The van der Waals surface area contributed by atoms with Crippen LogP contribution in [-0.4, -0.2) is 42.3 Å². The molecule has 3 N–H and O–H groups in total. The summed E-state index contributed by atoms with van der Waals surface area (Å²) in [4.78, 5) is 35.5. The van der Waals surface area contributed by atoms with Crippen molar-refractivity contribution in [2.75, 3.05) is 13.2 Å². The van der Waals surface area contributed by atoms with Gasteiger partial charge in [-0.25, -0.2) is 4.79 Å². The Morgan fingerprint density at radius 3 is 2.28 bits per heavy atom. The third-order valence-corrected chi connectivity index (χ3v) is 6.35. The number of carboxylic acid groups (broad SMARTS) is 1. The van der Waals surface area contributed by atoms with Crippen LogP contribution in [0.15, 0.2) is 48.5 Å². The number of carbonyl (C=O) groups excluding carboxylic acids is 2. The Balaban J connectivity index is 1.22. The van der Waals surface area contributed by atoms with E-state index in [4.69, 9.17) is 9.84 Å². The van der Waals surface area contributed by atoms with E-state index in [1.165, 1.54) is 11.1 Å². The molecule has 0 spiro atoms. The van der Waals surface area contributed by atoms with Crippen LogP contribution in [0.3, 0.4) is 0 Å². The van der Waals surface area contributed by atoms with Crippen LogP contribution in [0.1, 0.15) is 49.1 Å². The number of hydrogen-bond acceptors (Lipinski definition) is 4. The minimum Gasteiger partial charge on any atom is -0.481 e.